The lowest BCUT2D eigenvalue weighted by molar-refractivity contribution is -0.140. The summed E-state index contributed by atoms with van der Waals surface area (Å²) in [7, 11) is 1.40. The van der Waals surface area contributed by atoms with Crippen LogP contribution in [0.1, 0.15) is 68.7 Å². The zero-order valence-corrected chi connectivity index (χ0v) is 34.0. The fourth-order valence-electron chi connectivity index (χ4n) is 7.20. The van der Waals surface area contributed by atoms with Crippen LogP contribution in [0.15, 0.2) is 82.8 Å². The van der Waals surface area contributed by atoms with Crippen LogP contribution in [0.25, 0.3) is 0 Å². The van der Waals surface area contributed by atoms with Gasteiger partial charge in [0.1, 0.15) is 18.1 Å². The number of carbonyl (C=O) groups is 4. The first-order valence-electron chi connectivity index (χ1n) is 19.2. The monoisotopic (exact) mass is 868 g/mol. The van der Waals surface area contributed by atoms with Crippen molar-refractivity contribution in [3.63, 3.8) is 0 Å². The van der Waals surface area contributed by atoms with Crippen molar-refractivity contribution < 1.29 is 49.1 Å². The molecule has 14 nitrogen and oxygen atoms in total. The highest BCUT2D eigenvalue weighted by atomic mass is 79.9. The van der Waals surface area contributed by atoms with Crippen molar-refractivity contribution in [3.05, 3.63) is 106 Å². The van der Waals surface area contributed by atoms with Gasteiger partial charge in [0, 0.05) is 78.1 Å². The number of hydrogen-bond acceptors (Lipinski definition) is 12. The summed E-state index contributed by atoms with van der Waals surface area (Å²) in [6.45, 7) is -0.818. The number of hydrogen-bond donors (Lipinski definition) is 4. The molecular formula is C44H45BrN4O10. The second-order valence-corrected chi connectivity index (χ2v) is 14.8. The summed E-state index contributed by atoms with van der Waals surface area (Å²) in [6, 6.07) is 21.6. The lowest BCUT2D eigenvalue weighted by Crippen LogP contribution is -2.37. The van der Waals surface area contributed by atoms with Gasteiger partial charge in [0.05, 0.1) is 61.5 Å². The third-order valence-electron chi connectivity index (χ3n) is 10.2. The number of amides is 2. The van der Waals surface area contributed by atoms with Crippen LogP contribution >= 0.6 is 15.9 Å². The lowest BCUT2D eigenvalue weighted by atomic mass is 10.1. The number of halogens is 1. The second-order valence-electron chi connectivity index (χ2n) is 14.0. The molecule has 0 saturated heterocycles. The van der Waals surface area contributed by atoms with E-state index in [4.69, 9.17) is 9.84 Å². The van der Waals surface area contributed by atoms with Crippen LogP contribution in [0.2, 0.25) is 0 Å². The number of aliphatic hydroxyl groups is 3. The first-order valence-corrected chi connectivity index (χ1v) is 20.3. The van der Waals surface area contributed by atoms with Crippen molar-refractivity contribution >= 4 is 74.7 Å². The molecule has 4 aliphatic rings. The zero-order chi connectivity index (χ0) is 42.1. The summed E-state index contributed by atoms with van der Waals surface area (Å²) in [5, 5.41) is 38.6. The molecule has 59 heavy (non-hydrogen) atoms. The Morgan fingerprint density at radius 1 is 0.763 bits per heavy atom. The fourth-order valence-corrected chi connectivity index (χ4v) is 7.48. The van der Waals surface area contributed by atoms with E-state index in [-0.39, 0.29) is 67.6 Å². The van der Waals surface area contributed by atoms with Crippen LogP contribution in [0.3, 0.4) is 0 Å². The molecule has 0 fully saturated rings. The maximum atomic E-state index is 13.3. The highest BCUT2D eigenvalue weighted by Gasteiger charge is 2.37. The van der Waals surface area contributed by atoms with Gasteiger partial charge in [0.2, 0.25) is 0 Å². The van der Waals surface area contributed by atoms with Crippen LogP contribution in [0.5, 0.6) is 11.5 Å². The van der Waals surface area contributed by atoms with Gasteiger partial charge in [-0.3, -0.25) is 39.0 Å². The topological polar surface area (TPSA) is 199 Å². The Kier molecular flexibility index (Phi) is 14.4. The molecule has 15 heteroatoms. The fraction of sp³-hybridized carbons (Fsp3) is 0.318. The Hall–Kier alpha value is -5.74. The molecule has 8 rings (SSSR count). The van der Waals surface area contributed by atoms with Crippen LogP contribution in [-0.2, 0) is 40.4 Å². The molecule has 2 atom stereocenters. The van der Waals surface area contributed by atoms with E-state index in [1.165, 1.54) is 19.2 Å². The van der Waals surface area contributed by atoms with E-state index in [9.17, 15) is 34.5 Å². The molecule has 4 aliphatic heterocycles. The van der Waals surface area contributed by atoms with Crippen LogP contribution in [0, 0.1) is 0 Å². The minimum atomic E-state index is -0.474. The quantitative estimate of drug-likeness (QED) is 0.0825. The van der Waals surface area contributed by atoms with Crippen molar-refractivity contribution in [1.82, 2.24) is 0 Å². The SMILES string of the molecule is COC(=O)CCCBr.O=C(CO)CCCOc1cc2c(cc1CO)C(=O)N1c3ccccc3CC1C=N2.O=C1c2cc(CO)c(O)cc2N=CC2Cc3ccccc3N12. The van der Waals surface area contributed by atoms with E-state index in [1.807, 2.05) is 48.5 Å². The van der Waals surface area contributed by atoms with Crippen molar-refractivity contribution in [2.24, 2.45) is 9.98 Å². The minimum Gasteiger partial charge on any atom is -0.508 e. The number of esters is 1. The third kappa shape index (κ3) is 9.60. The summed E-state index contributed by atoms with van der Waals surface area (Å²) < 4.78 is 10.1. The zero-order valence-electron chi connectivity index (χ0n) is 32.4. The number of para-hydroxylation sites is 2. The lowest BCUT2D eigenvalue weighted by Gasteiger charge is -2.22. The summed E-state index contributed by atoms with van der Waals surface area (Å²) in [5.41, 5.74) is 6.60. The summed E-state index contributed by atoms with van der Waals surface area (Å²) in [5.74, 6) is -0.290. The van der Waals surface area contributed by atoms with E-state index in [0.29, 0.717) is 58.6 Å². The molecule has 4 N–H and O–H groups in total. The maximum Gasteiger partial charge on any atom is 0.305 e. The van der Waals surface area contributed by atoms with Crippen molar-refractivity contribution in [2.45, 2.75) is 63.8 Å². The number of rotatable bonds is 11. The smallest absolute Gasteiger partial charge is 0.305 e. The summed E-state index contributed by atoms with van der Waals surface area (Å²) in [6.07, 6.45) is 7.04. The van der Waals surface area contributed by atoms with Gasteiger partial charge in [-0.05, 0) is 48.2 Å². The van der Waals surface area contributed by atoms with Gasteiger partial charge >= 0.3 is 5.97 Å². The molecule has 308 valence electrons. The van der Waals surface area contributed by atoms with Gasteiger partial charge in [0.15, 0.2) is 5.78 Å². The van der Waals surface area contributed by atoms with E-state index in [0.717, 1.165) is 40.7 Å². The standard InChI is InChI=1S/C22H22N2O5.C17H14N2O3.C5H9BrO2/c25-12-15-9-18-19(10-21(15)29-7-3-5-17(27)13-26)23-11-16-8-14-4-1-2-6-20(14)24(16)22(18)28;20-9-11-6-13-14(7-16(11)21)18-8-12-5-10-3-1-2-4-15(10)19(12)17(13)22;1-8-5(7)3-2-4-6/h1-2,4,6,9-11,16,25-26H,3,5,7-8,12-13H2;1-4,6-8,12,20-21H,5,9H2;2-4H2,1H3. The van der Waals surface area contributed by atoms with Crippen LogP contribution in [0.4, 0.5) is 22.7 Å². The van der Waals surface area contributed by atoms with Crippen molar-refractivity contribution in [2.75, 3.05) is 35.5 Å². The number of aromatic hydroxyl groups is 1. The predicted octanol–water partition coefficient (Wildman–Crippen LogP) is 5.69. The number of benzene rings is 4. The average molecular weight is 870 g/mol. The second kappa shape index (κ2) is 19.8. The number of methoxy groups -OCH3 is 1. The number of ether oxygens (including phenoxy) is 2. The number of ketones is 1. The first-order chi connectivity index (χ1) is 28.6. The van der Waals surface area contributed by atoms with Gasteiger partial charge in [-0.25, -0.2) is 0 Å². The van der Waals surface area contributed by atoms with Crippen molar-refractivity contribution in [1.29, 1.82) is 0 Å². The number of carbonyl (C=O) groups excluding carboxylic acids is 4. The number of aliphatic imine (C=N–C) groups is 2. The number of aliphatic hydroxyl groups excluding tert-OH is 3. The molecule has 4 heterocycles. The van der Waals surface area contributed by atoms with Crippen LogP contribution < -0.4 is 14.5 Å². The van der Waals surface area contributed by atoms with Gasteiger partial charge in [0.25, 0.3) is 11.8 Å². The third-order valence-corrected chi connectivity index (χ3v) is 10.7. The van der Waals surface area contributed by atoms with E-state index in [1.54, 1.807) is 34.4 Å². The van der Waals surface area contributed by atoms with Gasteiger partial charge in [-0.2, -0.15) is 0 Å². The minimum absolute atomic E-state index is 0.0475. The Morgan fingerprint density at radius 2 is 1.31 bits per heavy atom. The van der Waals surface area contributed by atoms with Gasteiger partial charge in [-0.1, -0.05) is 52.3 Å². The largest absolute Gasteiger partial charge is 0.508 e. The molecule has 4 aromatic carbocycles. The Morgan fingerprint density at radius 3 is 1.83 bits per heavy atom. The number of anilines is 2. The molecule has 0 aromatic heterocycles. The van der Waals surface area contributed by atoms with E-state index < -0.39 is 6.61 Å². The maximum absolute atomic E-state index is 13.3. The number of Topliss-reactive ketones (excluding diaryl/α,β-unsaturated/α-hetero) is 1. The summed E-state index contributed by atoms with van der Waals surface area (Å²) in [4.78, 5) is 60.1. The number of alkyl halides is 1. The molecule has 0 aliphatic carbocycles. The van der Waals surface area contributed by atoms with E-state index in [2.05, 4.69) is 30.7 Å². The Balaban J connectivity index is 0.000000172. The molecule has 0 saturated carbocycles. The van der Waals surface area contributed by atoms with Crippen LogP contribution in [-0.4, -0.2) is 94.2 Å². The number of nitrogens with zero attached hydrogens (tertiary/aromatic N) is 4. The normalized spacial score (nSPS) is 16.4. The predicted molar refractivity (Wildman–Crippen MR) is 226 cm³/mol. The Labute approximate surface area is 349 Å². The number of fused-ring (bicyclic) bond motifs is 8. The first kappa shape index (κ1) is 42.9. The summed E-state index contributed by atoms with van der Waals surface area (Å²) >= 11 is 3.20. The highest BCUT2D eigenvalue weighted by molar-refractivity contribution is 9.09. The van der Waals surface area contributed by atoms with Gasteiger partial charge in [-0.15, -0.1) is 0 Å². The molecule has 4 aromatic rings. The van der Waals surface area contributed by atoms with E-state index >= 15 is 0 Å². The highest BCUT2D eigenvalue weighted by Crippen LogP contribution is 2.40. The molecule has 0 spiro atoms. The van der Waals surface area contributed by atoms with Gasteiger partial charge < -0.3 is 29.9 Å². The molecule has 2 unspecified atom stereocenters. The molecule has 0 radical (unpaired) electrons. The molecular weight excluding hydrogens is 824 g/mol. The number of phenols is 1. The Bertz CT molecular complexity index is 2280. The molecule has 2 amide bonds. The van der Waals surface area contributed by atoms with Crippen molar-refractivity contribution in [3.8, 4) is 11.5 Å². The average Bonchev–Trinajstić information content (AvgIpc) is 3.75. The molecule has 0 bridgehead atoms.